The molecule has 0 atom stereocenters. The van der Waals surface area contributed by atoms with Crippen LogP contribution in [0.5, 0.6) is 5.75 Å². The van der Waals surface area contributed by atoms with E-state index in [2.05, 4.69) is 40.3 Å². The highest BCUT2D eigenvalue weighted by molar-refractivity contribution is 7.77. The Morgan fingerprint density at radius 3 is 2.34 bits per heavy atom. The summed E-state index contributed by atoms with van der Waals surface area (Å²) in [5.41, 5.74) is 2.71. The van der Waals surface area contributed by atoms with Gasteiger partial charge in [0, 0.05) is 18.4 Å². The van der Waals surface area contributed by atoms with Gasteiger partial charge in [0.15, 0.2) is 0 Å². The number of hydrogen-bond donors (Lipinski definition) is 4. The molecule has 38 heavy (non-hydrogen) atoms. The van der Waals surface area contributed by atoms with Crippen LogP contribution >= 0.6 is 12.8 Å². The van der Waals surface area contributed by atoms with Crippen LogP contribution in [0.1, 0.15) is 53.4 Å². The van der Waals surface area contributed by atoms with Crippen molar-refractivity contribution >= 4 is 30.1 Å². The van der Waals surface area contributed by atoms with Gasteiger partial charge in [-0.25, -0.2) is 4.68 Å². The summed E-state index contributed by atoms with van der Waals surface area (Å²) in [7, 11) is 1.40. The van der Waals surface area contributed by atoms with Crippen molar-refractivity contribution in [2.75, 3.05) is 19.0 Å². The largest absolute Gasteiger partial charge is 0.494 e. The third-order valence-corrected chi connectivity index (χ3v) is 5.52. The van der Waals surface area contributed by atoms with Gasteiger partial charge in [-0.15, -0.1) is 12.8 Å². The Kier molecular flexibility index (Phi) is 10.0. The molecule has 0 saturated heterocycles. The van der Waals surface area contributed by atoms with E-state index in [0.29, 0.717) is 40.4 Å². The summed E-state index contributed by atoms with van der Waals surface area (Å²) in [5, 5.41) is 14.4. The second-order valence-corrected chi connectivity index (χ2v) is 9.89. The van der Waals surface area contributed by atoms with E-state index in [9.17, 15) is 18.0 Å². The molecular weight excluding hydrogens is 515 g/mol. The minimum Gasteiger partial charge on any atom is -0.494 e. The molecular formula is C27H34F3N5O2S. The fourth-order valence-corrected chi connectivity index (χ4v) is 3.60. The fourth-order valence-electron chi connectivity index (χ4n) is 3.60. The van der Waals surface area contributed by atoms with Crippen molar-refractivity contribution in [2.24, 2.45) is 10.6 Å². The summed E-state index contributed by atoms with van der Waals surface area (Å²) in [6.45, 7) is 14.1. The first kappa shape index (κ1) is 30.8. The third-order valence-electron chi connectivity index (χ3n) is 5.52. The van der Waals surface area contributed by atoms with Crippen LogP contribution < -0.4 is 20.5 Å². The molecule has 11 heteroatoms. The number of rotatable bonds is 7. The highest BCUT2D eigenvalue weighted by atomic mass is 32.1. The number of aromatic nitrogens is 2. The minimum absolute atomic E-state index is 0.0508. The molecule has 0 aliphatic rings. The van der Waals surface area contributed by atoms with Crippen molar-refractivity contribution in [3.05, 3.63) is 77.1 Å². The monoisotopic (exact) mass is 549 g/mol. The second kappa shape index (κ2) is 12.4. The van der Waals surface area contributed by atoms with E-state index >= 15 is 0 Å². The van der Waals surface area contributed by atoms with Crippen LogP contribution in [-0.4, -0.2) is 29.3 Å². The summed E-state index contributed by atoms with van der Waals surface area (Å²) < 4.78 is 47.0. The van der Waals surface area contributed by atoms with Gasteiger partial charge >= 0.3 is 6.18 Å². The summed E-state index contributed by atoms with van der Waals surface area (Å²) in [4.78, 5) is 12.5. The Morgan fingerprint density at radius 2 is 1.76 bits per heavy atom. The molecule has 1 heterocycles. The maximum Gasteiger partial charge on any atom is 0.416 e. The molecule has 0 fully saturated rings. The van der Waals surface area contributed by atoms with E-state index in [-0.39, 0.29) is 17.0 Å². The topological polar surface area (TPSA) is 94.2 Å². The maximum absolute atomic E-state index is 13.4. The number of methoxy groups -OCH3 is 1. The summed E-state index contributed by atoms with van der Waals surface area (Å²) in [6.07, 6.45) is -1.37. The zero-order valence-corrected chi connectivity index (χ0v) is 23.2. The van der Waals surface area contributed by atoms with Gasteiger partial charge < -0.3 is 15.4 Å². The lowest BCUT2D eigenvalue weighted by molar-refractivity contribution is -0.137. The van der Waals surface area contributed by atoms with Gasteiger partial charge in [-0.2, -0.15) is 18.3 Å². The molecule has 0 aliphatic heterocycles. The van der Waals surface area contributed by atoms with Gasteiger partial charge in [0.25, 0.3) is 5.91 Å². The molecule has 1 amide bonds. The molecule has 3 aromatic rings. The van der Waals surface area contributed by atoms with E-state index in [1.165, 1.54) is 13.3 Å². The number of benzene rings is 2. The molecule has 0 aliphatic carbocycles. The Morgan fingerprint density at radius 1 is 1.11 bits per heavy atom. The first-order chi connectivity index (χ1) is 17.7. The fraction of sp³-hybridized carbons (Fsp3) is 0.333. The smallest absolute Gasteiger partial charge is 0.416 e. The number of carbonyl (C=O) groups is 1. The number of nitrogens with one attached hydrogen (secondary N) is 2. The first-order valence-electron chi connectivity index (χ1n) is 11.6. The molecule has 0 unspecified atom stereocenters. The molecule has 4 N–H and O–H groups in total. The molecule has 0 bridgehead atoms. The number of halogens is 3. The van der Waals surface area contributed by atoms with E-state index in [0.717, 1.165) is 17.7 Å². The van der Waals surface area contributed by atoms with Crippen molar-refractivity contribution in [3.8, 4) is 11.4 Å². The van der Waals surface area contributed by atoms with Crippen molar-refractivity contribution < 1.29 is 22.7 Å². The Bertz CT molecular complexity index is 1300. The third kappa shape index (κ3) is 7.78. The molecule has 0 radical (unpaired) electrons. The van der Waals surface area contributed by atoms with Crippen LogP contribution in [0.3, 0.4) is 0 Å². The van der Waals surface area contributed by atoms with Crippen LogP contribution in [0.25, 0.3) is 11.4 Å². The molecule has 2 aromatic carbocycles. The van der Waals surface area contributed by atoms with Gasteiger partial charge in [-0.05, 0) is 54.2 Å². The molecule has 0 spiro atoms. The summed E-state index contributed by atoms with van der Waals surface area (Å²) in [5.74, 6) is 0.0811. The Hall–Kier alpha value is -3.44. The molecule has 1 aromatic heterocycles. The number of hydrogen-bond acceptors (Lipinski definition) is 6. The van der Waals surface area contributed by atoms with Crippen LogP contribution in [0.2, 0.25) is 0 Å². The average Bonchev–Trinajstić information content (AvgIpc) is 3.33. The standard InChI is InChI=1S/C27H31F3N4O2.H3NS/c1-16-8-9-19(11-23(16)34-14-20(13-32-34)25(35)31-15-26(4,5)6)18(3)33-22-12-21(27(28,29)30)10-17(2)24(22)36-7;1-2/h8-14,33H,3,15H2,1-2,4-7H3,(H,31,35);2H,1H2. The van der Waals surface area contributed by atoms with E-state index in [1.54, 1.807) is 23.9 Å². The SMILES string of the molecule is C=C(Nc1cc(C(F)(F)F)cc(C)c1OC)c1ccc(C)c(-n2cc(C(=O)NCC(C)(C)C)cn2)c1.NS. The van der Waals surface area contributed by atoms with Gasteiger partial charge in [0.05, 0.1) is 35.8 Å². The lowest BCUT2D eigenvalue weighted by atomic mass is 9.97. The highest BCUT2D eigenvalue weighted by Gasteiger charge is 2.32. The normalized spacial score (nSPS) is 11.3. The Labute approximate surface area is 226 Å². The quantitative estimate of drug-likeness (QED) is 0.265. The number of thiol groups is 1. The number of ether oxygens (including phenoxy) is 1. The van der Waals surface area contributed by atoms with Crippen LogP contribution in [0, 0.1) is 19.3 Å². The predicted octanol–water partition coefficient (Wildman–Crippen LogP) is 6.17. The number of carbonyl (C=O) groups excluding carboxylic acids is 1. The number of nitrogens with two attached hydrogens (primary N) is 1. The number of amides is 1. The Balaban J connectivity index is 0.00000247. The van der Waals surface area contributed by atoms with Crippen LogP contribution in [0.15, 0.2) is 49.3 Å². The van der Waals surface area contributed by atoms with Gasteiger partial charge in [-0.1, -0.05) is 39.5 Å². The zero-order valence-electron chi connectivity index (χ0n) is 22.3. The van der Waals surface area contributed by atoms with Crippen molar-refractivity contribution in [1.82, 2.24) is 15.1 Å². The van der Waals surface area contributed by atoms with Gasteiger partial charge in [-0.3, -0.25) is 9.93 Å². The van der Waals surface area contributed by atoms with E-state index in [1.807, 2.05) is 39.8 Å². The average molecular weight is 550 g/mol. The van der Waals surface area contributed by atoms with E-state index in [4.69, 9.17) is 4.74 Å². The number of alkyl halides is 3. The molecule has 206 valence electrons. The second-order valence-electron chi connectivity index (χ2n) is 9.89. The highest BCUT2D eigenvalue weighted by Crippen LogP contribution is 2.38. The van der Waals surface area contributed by atoms with Crippen LogP contribution in [-0.2, 0) is 6.18 Å². The first-order valence-corrected chi connectivity index (χ1v) is 12.1. The summed E-state index contributed by atoms with van der Waals surface area (Å²) in [6, 6.07) is 7.52. The lowest BCUT2D eigenvalue weighted by Gasteiger charge is -2.19. The molecule has 0 saturated carbocycles. The number of nitrogens with zero attached hydrogens (tertiary/aromatic N) is 2. The van der Waals surface area contributed by atoms with Crippen LogP contribution in [0.4, 0.5) is 18.9 Å². The van der Waals surface area contributed by atoms with Gasteiger partial charge in [0.1, 0.15) is 5.75 Å². The van der Waals surface area contributed by atoms with Gasteiger partial charge in [0.2, 0.25) is 0 Å². The van der Waals surface area contributed by atoms with E-state index < -0.39 is 11.7 Å². The van der Waals surface area contributed by atoms with Crippen molar-refractivity contribution in [2.45, 2.75) is 40.8 Å². The molecule has 7 nitrogen and oxygen atoms in total. The minimum atomic E-state index is -4.50. The summed E-state index contributed by atoms with van der Waals surface area (Å²) >= 11 is 3.03. The maximum atomic E-state index is 13.4. The van der Waals surface area contributed by atoms with Crippen molar-refractivity contribution in [1.29, 1.82) is 0 Å². The molecule has 3 rings (SSSR count). The number of anilines is 1. The van der Waals surface area contributed by atoms with Crippen molar-refractivity contribution in [3.63, 3.8) is 0 Å². The number of aryl methyl sites for hydroxylation is 2. The zero-order chi connectivity index (χ0) is 28.8. The lowest BCUT2D eigenvalue weighted by Crippen LogP contribution is -2.32. The predicted molar refractivity (Wildman–Crippen MR) is 149 cm³/mol.